The second-order valence-corrected chi connectivity index (χ2v) is 5.13. The molecule has 2 N–H and O–H groups in total. The normalized spacial score (nSPS) is 17.4. The first-order valence-electron chi connectivity index (χ1n) is 7.57. The molecule has 1 fully saturated rings. The van der Waals surface area contributed by atoms with Crippen LogP contribution in [0.5, 0.6) is 17.2 Å². The molecular weight excluding hydrogens is 300 g/mol. The monoisotopic (exact) mass is 324 g/mol. The van der Waals surface area contributed by atoms with Crippen LogP contribution in [0.15, 0.2) is 12.1 Å². The van der Waals surface area contributed by atoms with Crippen LogP contribution in [-0.4, -0.2) is 59.6 Å². The SMILES string of the molecule is COc1cc(OC)c(CCNC(=O)C2COCCN2)c(OC)c1. The van der Waals surface area contributed by atoms with E-state index in [4.69, 9.17) is 18.9 Å². The summed E-state index contributed by atoms with van der Waals surface area (Å²) in [6.45, 7) is 2.22. The van der Waals surface area contributed by atoms with Gasteiger partial charge >= 0.3 is 0 Å². The van der Waals surface area contributed by atoms with Crippen LogP contribution >= 0.6 is 0 Å². The Morgan fingerprint density at radius 2 is 1.96 bits per heavy atom. The van der Waals surface area contributed by atoms with Gasteiger partial charge in [0.1, 0.15) is 23.3 Å². The summed E-state index contributed by atoms with van der Waals surface area (Å²) in [4.78, 5) is 12.1. The van der Waals surface area contributed by atoms with Gasteiger partial charge in [-0.3, -0.25) is 4.79 Å². The minimum absolute atomic E-state index is 0.0591. The largest absolute Gasteiger partial charge is 0.496 e. The van der Waals surface area contributed by atoms with Gasteiger partial charge in [0.2, 0.25) is 5.91 Å². The van der Waals surface area contributed by atoms with Crippen LogP contribution in [0, 0.1) is 0 Å². The Bertz CT molecular complexity index is 504. The molecule has 0 bridgehead atoms. The maximum atomic E-state index is 12.1. The molecule has 1 saturated heterocycles. The van der Waals surface area contributed by atoms with Crippen LogP contribution < -0.4 is 24.8 Å². The summed E-state index contributed by atoms with van der Waals surface area (Å²) < 4.78 is 21.3. The molecule has 1 unspecified atom stereocenters. The van der Waals surface area contributed by atoms with Gasteiger partial charge in [0, 0.05) is 30.8 Å². The predicted molar refractivity (Wildman–Crippen MR) is 85.4 cm³/mol. The summed E-state index contributed by atoms with van der Waals surface area (Å²) in [6, 6.07) is 3.32. The van der Waals surface area contributed by atoms with Crippen molar-refractivity contribution >= 4 is 5.91 Å². The predicted octanol–water partition coefficient (Wildman–Crippen LogP) is 0.360. The van der Waals surface area contributed by atoms with Crippen LogP contribution in [0.3, 0.4) is 0 Å². The molecule has 128 valence electrons. The molecule has 7 nitrogen and oxygen atoms in total. The highest BCUT2D eigenvalue weighted by molar-refractivity contribution is 5.82. The summed E-state index contributed by atoms with van der Waals surface area (Å²) in [5, 5.41) is 6.03. The highest BCUT2D eigenvalue weighted by Gasteiger charge is 2.21. The summed E-state index contributed by atoms with van der Waals surface area (Å²) in [5.74, 6) is 1.95. The van der Waals surface area contributed by atoms with E-state index in [0.29, 0.717) is 50.0 Å². The zero-order chi connectivity index (χ0) is 16.7. The lowest BCUT2D eigenvalue weighted by Crippen LogP contribution is -2.51. The van der Waals surface area contributed by atoms with Crippen molar-refractivity contribution in [2.75, 3.05) is 47.6 Å². The van der Waals surface area contributed by atoms with Crippen LogP contribution in [0.1, 0.15) is 5.56 Å². The highest BCUT2D eigenvalue weighted by Crippen LogP contribution is 2.34. The maximum Gasteiger partial charge on any atom is 0.239 e. The van der Waals surface area contributed by atoms with Gasteiger partial charge in [-0.1, -0.05) is 0 Å². The van der Waals surface area contributed by atoms with Gasteiger partial charge in [-0.15, -0.1) is 0 Å². The van der Waals surface area contributed by atoms with Crippen LogP contribution in [0.4, 0.5) is 0 Å². The van der Waals surface area contributed by atoms with Crippen molar-refractivity contribution in [3.63, 3.8) is 0 Å². The molecule has 0 aliphatic carbocycles. The summed E-state index contributed by atoms with van der Waals surface area (Å²) >= 11 is 0. The fourth-order valence-electron chi connectivity index (χ4n) is 2.49. The average Bonchev–Trinajstić information content (AvgIpc) is 2.62. The lowest BCUT2D eigenvalue weighted by Gasteiger charge is -2.23. The molecule has 0 aromatic heterocycles. The molecule has 1 aliphatic rings. The molecule has 1 amide bonds. The Hall–Kier alpha value is -1.99. The molecule has 23 heavy (non-hydrogen) atoms. The fourth-order valence-corrected chi connectivity index (χ4v) is 2.49. The van der Waals surface area contributed by atoms with Crippen LogP contribution in [-0.2, 0) is 16.0 Å². The number of ether oxygens (including phenoxy) is 4. The van der Waals surface area contributed by atoms with Crippen molar-refractivity contribution in [2.45, 2.75) is 12.5 Å². The third-order valence-corrected chi connectivity index (χ3v) is 3.73. The number of carbonyl (C=O) groups is 1. The van der Waals surface area contributed by atoms with Gasteiger partial charge in [0.05, 0.1) is 34.5 Å². The first-order chi connectivity index (χ1) is 11.2. The maximum absolute atomic E-state index is 12.1. The zero-order valence-corrected chi connectivity index (χ0v) is 13.8. The van der Waals surface area contributed by atoms with Crippen LogP contribution in [0.25, 0.3) is 0 Å². The average molecular weight is 324 g/mol. The van der Waals surface area contributed by atoms with Gasteiger partial charge in [0.15, 0.2) is 0 Å². The van der Waals surface area contributed by atoms with Crippen molar-refractivity contribution in [2.24, 2.45) is 0 Å². The van der Waals surface area contributed by atoms with E-state index in [1.165, 1.54) is 0 Å². The Balaban J connectivity index is 1.97. The molecule has 1 heterocycles. The molecule has 7 heteroatoms. The second kappa shape index (κ2) is 8.59. The standard InChI is InChI=1S/C16H24N2O5/c1-20-11-8-14(21-2)12(15(9-11)22-3)4-5-18-16(19)13-10-23-7-6-17-13/h8-9,13,17H,4-7,10H2,1-3H3,(H,18,19). The number of benzene rings is 1. The molecule has 0 saturated carbocycles. The van der Waals surface area contributed by atoms with Crippen LogP contribution in [0.2, 0.25) is 0 Å². The summed E-state index contributed by atoms with van der Waals surface area (Å²) in [7, 11) is 4.78. The van der Waals surface area contributed by atoms with E-state index in [2.05, 4.69) is 10.6 Å². The number of amides is 1. The molecule has 1 aromatic rings. The highest BCUT2D eigenvalue weighted by atomic mass is 16.5. The van der Waals surface area contributed by atoms with E-state index >= 15 is 0 Å². The van der Waals surface area contributed by atoms with E-state index in [1.54, 1.807) is 33.5 Å². The molecule has 1 aliphatic heterocycles. The van der Waals surface area contributed by atoms with Gasteiger partial charge in [-0.05, 0) is 6.42 Å². The third kappa shape index (κ3) is 4.49. The first-order valence-corrected chi connectivity index (χ1v) is 7.57. The zero-order valence-electron chi connectivity index (χ0n) is 13.8. The van der Waals surface area contributed by atoms with E-state index in [-0.39, 0.29) is 11.9 Å². The minimum Gasteiger partial charge on any atom is -0.496 e. The fraction of sp³-hybridized carbons (Fsp3) is 0.562. The smallest absolute Gasteiger partial charge is 0.239 e. The molecule has 1 aromatic carbocycles. The topological polar surface area (TPSA) is 78.1 Å². The van der Waals surface area contributed by atoms with Gasteiger partial charge < -0.3 is 29.6 Å². The van der Waals surface area contributed by atoms with Crippen molar-refractivity contribution < 1.29 is 23.7 Å². The summed E-state index contributed by atoms with van der Waals surface area (Å²) in [6.07, 6.45) is 0.593. The molecule has 0 spiro atoms. The number of rotatable bonds is 7. The third-order valence-electron chi connectivity index (χ3n) is 3.73. The number of hydrogen-bond acceptors (Lipinski definition) is 6. The van der Waals surface area contributed by atoms with E-state index in [1.807, 2.05) is 0 Å². The molecular formula is C16H24N2O5. The van der Waals surface area contributed by atoms with Crippen molar-refractivity contribution in [3.8, 4) is 17.2 Å². The van der Waals surface area contributed by atoms with E-state index in [9.17, 15) is 4.79 Å². The quantitative estimate of drug-likeness (QED) is 0.754. The first kappa shape index (κ1) is 17.4. The molecule has 1 atom stereocenters. The van der Waals surface area contributed by atoms with Gasteiger partial charge in [0.25, 0.3) is 0 Å². The Kier molecular flexibility index (Phi) is 6.49. The van der Waals surface area contributed by atoms with Crippen molar-refractivity contribution in [1.29, 1.82) is 0 Å². The van der Waals surface area contributed by atoms with Crippen molar-refractivity contribution in [3.05, 3.63) is 17.7 Å². The number of carbonyl (C=O) groups excluding carboxylic acids is 1. The second-order valence-electron chi connectivity index (χ2n) is 5.13. The Morgan fingerprint density at radius 3 is 2.48 bits per heavy atom. The lowest BCUT2D eigenvalue weighted by atomic mass is 10.1. The number of hydrogen-bond donors (Lipinski definition) is 2. The number of morpholine rings is 1. The molecule has 2 rings (SSSR count). The minimum atomic E-state index is -0.289. The van der Waals surface area contributed by atoms with Crippen molar-refractivity contribution in [1.82, 2.24) is 10.6 Å². The van der Waals surface area contributed by atoms with Gasteiger partial charge in [-0.2, -0.15) is 0 Å². The lowest BCUT2D eigenvalue weighted by molar-refractivity contribution is -0.125. The van der Waals surface area contributed by atoms with Gasteiger partial charge in [-0.25, -0.2) is 0 Å². The van der Waals surface area contributed by atoms with E-state index < -0.39 is 0 Å². The Morgan fingerprint density at radius 1 is 1.26 bits per heavy atom. The Labute approximate surface area is 136 Å². The summed E-state index contributed by atoms with van der Waals surface area (Å²) in [5.41, 5.74) is 0.893. The number of methoxy groups -OCH3 is 3. The molecule has 0 radical (unpaired) electrons. The number of nitrogens with one attached hydrogen (secondary N) is 2. The van der Waals surface area contributed by atoms with E-state index in [0.717, 1.165) is 5.56 Å².